The summed E-state index contributed by atoms with van der Waals surface area (Å²) in [7, 11) is -1.99. The zero-order valence-electron chi connectivity index (χ0n) is 11.0. The fourth-order valence-electron chi connectivity index (χ4n) is 2.00. The smallest absolute Gasteiger partial charge is 0.326 e. The number of carbonyl (C=O) groups excluding carboxylic acids is 1. The second-order valence-corrected chi connectivity index (χ2v) is 6.12. The molecule has 1 amide bonds. The number of fused-ring (bicyclic) bond motifs is 1. The van der Waals surface area contributed by atoms with Crippen LogP contribution in [0.15, 0.2) is 24.3 Å². The van der Waals surface area contributed by atoms with Crippen LogP contribution in [0.25, 0.3) is 0 Å². The maximum atomic E-state index is 12.2. The Labute approximate surface area is 113 Å². The van der Waals surface area contributed by atoms with Gasteiger partial charge in [-0.3, -0.25) is 9.10 Å². The number of para-hydroxylation sites is 2. The lowest BCUT2D eigenvalue weighted by atomic mass is 10.2. The van der Waals surface area contributed by atoms with Gasteiger partial charge in [-0.1, -0.05) is 19.1 Å². The van der Waals surface area contributed by atoms with E-state index in [2.05, 4.69) is 5.32 Å². The highest BCUT2D eigenvalue weighted by Gasteiger charge is 2.37. The molecule has 0 atom stereocenters. The first-order valence-electron chi connectivity index (χ1n) is 6.10. The Bertz CT molecular complexity index is 586. The van der Waals surface area contributed by atoms with Gasteiger partial charge in [0.25, 0.3) is 0 Å². The van der Waals surface area contributed by atoms with Crippen molar-refractivity contribution in [1.82, 2.24) is 5.32 Å². The van der Waals surface area contributed by atoms with Crippen LogP contribution in [0.2, 0.25) is 0 Å². The topological polar surface area (TPSA) is 69.7 Å². The van der Waals surface area contributed by atoms with Crippen LogP contribution in [0.1, 0.15) is 13.3 Å². The normalized spacial score (nSPS) is 16.3. The molecule has 6 nitrogen and oxygen atoms in total. The maximum absolute atomic E-state index is 12.2. The molecule has 0 fully saturated rings. The predicted octanol–water partition coefficient (Wildman–Crippen LogP) is 0.714. The van der Waals surface area contributed by atoms with Crippen molar-refractivity contribution in [2.75, 3.05) is 28.7 Å². The Morgan fingerprint density at radius 3 is 2.53 bits per heavy atom. The first-order chi connectivity index (χ1) is 8.98. The molecule has 0 unspecified atom stereocenters. The van der Waals surface area contributed by atoms with Crippen molar-refractivity contribution in [3.05, 3.63) is 24.3 Å². The first kappa shape index (κ1) is 13.7. The monoisotopic (exact) mass is 283 g/mol. The van der Waals surface area contributed by atoms with Crippen LogP contribution in [-0.4, -0.2) is 34.5 Å². The van der Waals surface area contributed by atoms with Gasteiger partial charge in [0.1, 0.15) is 0 Å². The van der Waals surface area contributed by atoms with Crippen molar-refractivity contribution in [2.45, 2.75) is 13.3 Å². The first-order valence-corrected chi connectivity index (χ1v) is 7.50. The van der Waals surface area contributed by atoms with E-state index in [1.807, 2.05) is 0 Å². The quantitative estimate of drug-likeness (QED) is 0.885. The van der Waals surface area contributed by atoms with Crippen molar-refractivity contribution >= 4 is 27.5 Å². The standard InChI is InChI=1S/C12H17N3O3S/c1-3-12(16)13-8-9-15-11-7-5-4-6-10(11)14(2)19(15,17)18/h4-7H,3,8-9H2,1-2H3,(H,13,16). The molecule has 0 aliphatic carbocycles. The van der Waals surface area contributed by atoms with Crippen LogP contribution in [-0.2, 0) is 15.0 Å². The lowest BCUT2D eigenvalue weighted by Crippen LogP contribution is -2.40. The third kappa shape index (κ3) is 2.37. The zero-order chi connectivity index (χ0) is 14.0. The van der Waals surface area contributed by atoms with Crippen LogP contribution in [0.5, 0.6) is 0 Å². The minimum Gasteiger partial charge on any atom is -0.354 e. The molecule has 1 heterocycles. The highest BCUT2D eigenvalue weighted by atomic mass is 32.2. The molecule has 1 aromatic rings. The number of benzene rings is 1. The Morgan fingerprint density at radius 1 is 1.26 bits per heavy atom. The van der Waals surface area contributed by atoms with Crippen molar-refractivity contribution in [3.63, 3.8) is 0 Å². The van der Waals surface area contributed by atoms with Crippen molar-refractivity contribution in [2.24, 2.45) is 0 Å². The number of anilines is 2. The van der Waals surface area contributed by atoms with E-state index in [0.29, 0.717) is 24.3 Å². The Kier molecular flexibility index (Phi) is 3.66. The van der Waals surface area contributed by atoms with Gasteiger partial charge in [-0.2, -0.15) is 8.42 Å². The van der Waals surface area contributed by atoms with Crippen LogP contribution >= 0.6 is 0 Å². The number of nitrogens with one attached hydrogen (secondary N) is 1. The summed E-state index contributed by atoms with van der Waals surface area (Å²) in [5, 5.41) is 2.68. The summed E-state index contributed by atoms with van der Waals surface area (Å²) in [4.78, 5) is 11.2. The molecule has 1 aliphatic heterocycles. The summed E-state index contributed by atoms with van der Waals surface area (Å²) >= 11 is 0. The van der Waals surface area contributed by atoms with Gasteiger partial charge in [0.05, 0.1) is 17.9 Å². The van der Waals surface area contributed by atoms with Gasteiger partial charge in [0, 0.05) is 20.0 Å². The van der Waals surface area contributed by atoms with Gasteiger partial charge in [-0.25, -0.2) is 4.31 Å². The van der Waals surface area contributed by atoms with Crippen LogP contribution in [0.4, 0.5) is 11.4 Å². The van der Waals surface area contributed by atoms with Gasteiger partial charge < -0.3 is 5.32 Å². The molecule has 0 aromatic heterocycles. The van der Waals surface area contributed by atoms with E-state index in [4.69, 9.17) is 0 Å². The summed E-state index contributed by atoms with van der Waals surface area (Å²) in [6.45, 7) is 2.29. The molecule has 7 heteroatoms. The minimum absolute atomic E-state index is 0.0850. The second kappa shape index (κ2) is 5.08. The summed E-state index contributed by atoms with van der Waals surface area (Å²) in [5.74, 6) is -0.0850. The molecule has 2 rings (SSSR count). The van der Waals surface area contributed by atoms with E-state index < -0.39 is 10.2 Å². The predicted molar refractivity (Wildman–Crippen MR) is 74.4 cm³/mol. The second-order valence-electron chi connectivity index (χ2n) is 4.24. The molecule has 19 heavy (non-hydrogen) atoms. The van der Waals surface area contributed by atoms with Crippen molar-refractivity contribution < 1.29 is 13.2 Å². The van der Waals surface area contributed by atoms with E-state index >= 15 is 0 Å². The largest absolute Gasteiger partial charge is 0.354 e. The van der Waals surface area contributed by atoms with E-state index in [9.17, 15) is 13.2 Å². The molecule has 0 spiro atoms. The summed E-state index contributed by atoms with van der Waals surface area (Å²) in [5.41, 5.74) is 1.31. The highest BCUT2D eigenvalue weighted by molar-refractivity contribution is 7.94. The van der Waals surface area contributed by atoms with Crippen LogP contribution in [0.3, 0.4) is 0 Å². The number of hydrogen-bond acceptors (Lipinski definition) is 3. The Balaban J connectivity index is 2.18. The number of amides is 1. The molecular weight excluding hydrogens is 266 g/mol. The summed E-state index contributed by atoms with van der Waals surface area (Å²) in [6.07, 6.45) is 0.392. The highest BCUT2D eigenvalue weighted by Crippen LogP contribution is 2.38. The van der Waals surface area contributed by atoms with Gasteiger partial charge in [-0.15, -0.1) is 0 Å². The van der Waals surface area contributed by atoms with E-state index in [0.717, 1.165) is 0 Å². The molecule has 0 saturated heterocycles. The molecule has 0 radical (unpaired) electrons. The SMILES string of the molecule is CCC(=O)NCCN1c2ccccc2N(C)S1(=O)=O. The third-order valence-corrected chi connectivity index (χ3v) is 4.90. The fourth-order valence-corrected chi connectivity index (χ4v) is 3.42. The van der Waals surface area contributed by atoms with Gasteiger partial charge >= 0.3 is 10.2 Å². The number of rotatable bonds is 4. The molecule has 1 aliphatic rings. The van der Waals surface area contributed by atoms with Gasteiger partial charge in [0.15, 0.2) is 0 Å². The fraction of sp³-hybridized carbons (Fsp3) is 0.417. The third-order valence-electron chi connectivity index (χ3n) is 3.07. The molecule has 0 bridgehead atoms. The van der Waals surface area contributed by atoms with Gasteiger partial charge in [0.2, 0.25) is 5.91 Å². The molecule has 1 N–H and O–H groups in total. The summed E-state index contributed by atoms with van der Waals surface area (Å²) < 4.78 is 27.0. The van der Waals surface area contributed by atoms with Crippen molar-refractivity contribution in [1.29, 1.82) is 0 Å². The lowest BCUT2D eigenvalue weighted by Gasteiger charge is -2.19. The number of nitrogens with zero attached hydrogens (tertiary/aromatic N) is 2. The Hall–Kier alpha value is -1.76. The zero-order valence-corrected chi connectivity index (χ0v) is 11.8. The summed E-state index contributed by atoms with van der Waals surface area (Å²) in [6, 6.07) is 7.12. The lowest BCUT2D eigenvalue weighted by molar-refractivity contribution is -0.120. The Morgan fingerprint density at radius 2 is 1.89 bits per heavy atom. The van der Waals surface area contributed by atoms with E-state index in [1.165, 1.54) is 15.7 Å². The average Bonchev–Trinajstić information content (AvgIpc) is 2.60. The number of hydrogen-bond donors (Lipinski definition) is 1. The van der Waals surface area contributed by atoms with Gasteiger partial charge in [-0.05, 0) is 12.1 Å². The molecule has 0 saturated carbocycles. The average molecular weight is 283 g/mol. The minimum atomic E-state index is -3.51. The van der Waals surface area contributed by atoms with Crippen LogP contribution in [0, 0.1) is 0 Å². The molecule has 104 valence electrons. The van der Waals surface area contributed by atoms with Crippen LogP contribution < -0.4 is 13.9 Å². The maximum Gasteiger partial charge on any atom is 0.326 e. The van der Waals surface area contributed by atoms with E-state index in [-0.39, 0.29) is 12.5 Å². The number of carbonyl (C=O) groups is 1. The van der Waals surface area contributed by atoms with Crippen molar-refractivity contribution in [3.8, 4) is 0 Å². The molecule has 1 aromatic carbocycles. The molecular formula is C12H17N3O3S. The van der Waals surface area contributed by atoms with E-state index in [1.54, 1.807) is 31.2 Å².